The number of benzene rings is 1. The van der Waals surface area contributed by atoms with Gasteiger partial charge in [-0.1, -0.05) is 20.8 Å². The van der Waals surface area contributed by atoms with Gasteiger partial charge in [-0.25, -0.2) is 15.0 Å². The first-order valence-electron chi connectivity index (χ1n) is 11.5. The first-order valence-corrected chi connectivity index (χ1v) is 11.5. The van der Waals surface area contributed by atoms with Gasteiger partial charge in [-0.05, 0) is 35.7 Å². The Morgan fingerprint density at radius 3 is 2.38 bits per heavy atom. The molecule has 11 heteroatoms. The maximum atomic E-state index is 12.4. The Morgan fingerprint density at radius 1 is 0.946 bits per heavy atom. The van der Waals surface area contributed by atoms with E-state index in [1.807, 2.05) is 18.2 Å². The quantitative estimate of drug-likeness (QED) is 0.499. The number of aliphatic imine (C=N–C) groups is 1. The normalized spacial score (nSPS) is 18.4. The molecule has 1 atom stereocenters. The third kappa shape index (κ3) is 5.11. The summed E-state index contributed by atoms with van der Waals surface area (Å²) in [6.07, 6.45) is -1.44. The fraction of sp³-hybridized carbons (Fsp3) is 0.346. The van der Waals surface area contributed by atoms with Gasteiger partial charge in [0.2, 0.25) is 11.8 Å². The number of hydrogen-bond donors (Lipinski definition) is 1. The number of rotatable bonds is 5. The third-order valence-electron chi connectivity index (χ3n) is 5.76. The van der Waals surface area contributed by atoms with E-state index >= 15 is 0 Å². The van der Waals surface area contributed by atoms with Gasteiger partial charge in [0.25, 0.3) is 6.02 Å². The zero-order valence-corrected chi connectivity index (χ0v) is 20.4. The van der Waals surface area contributed by atoms with E-state index in [2.05, 4.69) is 35.7 Å². The van der Waals surface area contributed by atoms with E-state index in [9.17, 15) is 13.2 Å². The lowest BCUT2D eigenvalue weighted by Crippen LogP contribution is -2.31. The van der Waals surface area contributed by atoms with Crippen LogP contribution in [0.2, 0.25) is 0 Å². The highest BCUT2D eigenvalue weighted by atomic mass is 19.4. The van der Waals surface area contributed by atoms with Crippen LogP contribution in [0.4, 0.5) is 13.2 Å². The Kier molecular flexibility index (Phi) is 5.88. The molecule has 1 aromatic carbocycles. The molecular weight excluding hydrogens is 489 g/mol. The average molecular weight is 515 g/mol. The van der Waals surface area contributed by atoms with Crippen LogP contribution in [0, 0.1) is 5.41 Å². The molecular formula is C26H25F3N4O4. The van der Waals surface area contributed by atoms with Gasteiger partial charge in [0.15, 0.2) is 12.1 Å². The SMILES string of the molecule is CC(C)(C)COc1ccc2c(c1)[C@@]1(COC(N)=N1)c1cc(-c3ccc(OCC(F)(F)F)nc3)cnc1O2. The van der Waals surface area contributed by atoms with E-state index < -0.39 is 18.3 Å². The Bertz CT molecular complexity index is 1350. The van der Waals surface area contributed by atoms with Gasteiger partial charge in [0, 0.05) is 35.2 Å². The zero-order chi connectivity index (χ0) is 26.4. The molecule has 0 saturated carbocycles. The number of nitrogens with zero attached hydrogens (tertiary/aromatic N) is 3. The molecule has 194 valence electrons. The summed E-state index contributed by atoms with van der Waals surface area (Å²) in [6, 6.07) is 10.4. The minimum Gasteiger partial charge on any atom is -0.493 e. The van der Waals surface area contributed by atoms with Crippen LogP contribution in [0.3, 0.4) is 0 Å². The highest BCUT2D eigenvalue weighted by Crippen LogP contribution is 2.51. The van der Waals surface area contributed by atoms with E-state index in [0.717, 1.165) is 5.56 Å². The van der Waals surface area contributed by atoms with Crippen molar-refractivity contribution in [2.24, 2.45) is 16.1 Å². The summed E-state index contributed by atoms with van der Waals surface area (Å²) >= 11 is 0. The molecule has 0 aliphatic carbocycles. The number of aromatic nitrogens is 2. The summed E-state index contributed by atoms with van der Waals surface area (Å²) in [5.41, 5.74) is 7.54. The highest BCUT2D eigenvalue weighted by molar-refractivity contribution is 5.77. The zero-order valence-electron chi connectivity index (χ0n) is 20.4. The molecule has 1 spiro atoms. The molecule has 37 heavy (non-hydrogen) atoms. The van der Waals surface area contributed by atoms with Crippen LogP contribution in [0.1, 0.15) is 31.9 Å². The molecule has 0 amide bonds. The number of alkyl halides is 3. The Morgan fingerprint density at radius 2 is 1.73 bits per heavy atom. The van der Waals surface area contributed by atoms with E-state index in [1.54, 1.807) is 18.3 Å². The number of fused-ring (bicyclic) bond motifs is 4. The Hall–Kier alpha value is -4.02. The topological polar surface area (TPSA) is 101 Å². The lowest BCUT2D eigenvalue weighted by atomic mass is 9.81. The van der Waals surface area contributed by atoms with Gasteiger partial charge in [-0.15, -0.1) is 0 Å². The van der Waals surface area contributed by atoms with Crippen molar-refractivity contribution >= 4 is 6.02 Å². The van der Waals surface area contributed by atoms with Crippen LogP contribution >= 0.6 is 0 Å². The predicted octanol–water partition coefficient (Wildman–Crippen LogP) is 5.20. The van der Waals surface area contributed by atoms with Crippen molar-refractivity contribution in [3.05, 3.63) is 59.9 Å². The Labute approximate surface area is 211 Å². The van der Waals surface area contributed by atoms with E-state index in [0.29, 0.717) is 40.7 Å². The standard InChI is InChI=1S/C26H25F3N4O4/c1-24(2,3)12-34-17-5-6-20-18(9-17)25(13-36-23(30)33-25)19-8-16(11-32-22(19)37-20)15-4-7-21(31-10-15)35-14-26(27,28)29/h4-11H,12-14H2,1-3H3,(H2,30,33)/t25-/m0/s1. The summed E-state index contributed by atoms with van der Waals surface area (Å²) in [4.78, 5) is 13.1. The monoisotopic (exact) mass is 514 g/mol. The summed E-state index contributed by atoms with van der Waals surface area (Å²) in [5.74, 6) is 1.43. The van der Waals surface area contributed by atoms with Gasteiger partial charge < -0.3 is 24.7 Å². The van der Waals surface area contributed by atoms with Gasteiger partial charge in [-0.3, -0.25) is 0 Å². The maximum Gasteiger partial charge on any atom is 0.422 e. The molecule has 0 fully saturated rings. The van der Waals surface area contributed by atoms with Gasteiger partial charge in [-0.2, -0.15) is 13.2 Å². The van der Waals surface area contributed by atoms with Gasteiger partial charge >= 0.3 is 6.18 Å². The van der Waals surface area contributed by atoms with Crippen LogP contribution < -0.4 is 19.9 Å². The number of nitrogens with two attached hydrogens (primary N) is 1. The summed E-state index contributed by atoms with van der Waals surface area (Å²) in [6.45, 7) is 5.48. The summed E-state index contributed by atoms with van der Waals surface area (Å²) in [5, 5.41) is 0. The number of amidine groups is 1. The molecule has 2 aliphatic heterocycles. The molecule has 2 N–H and O–H groups in total. The number of halogens is 3. The highest BCUT2D eigenvalue weighted by Gasteiger charge is 2.48. The largest absolute Gasteiger partial charge is 0.493 e. The van der Waals surface area contributed by atoms with Gasteiger partial charge in [0.05, 0.1) is 12.2 Å². The minimum absolute atomic E-state index is 0.0318. The fourth-order valence-corrected chi connectivity index (χ4v) is 4.05. The Balaban J connectivity index is 1.50. The molecule has 2 aromatic heterocycles. The fourth-order valence-electron chi connectivity index (χ4n) is 4.05. The average Bonchev–Trinajstić information content (AvgIpc) is 3.23. The molecule has 4 heterocycles. The second kappa shape index (κ2) is 8.82. The van der Waals surface area contributed by atoms with Crippen molar-refractivity contribution in [3.8, 4) is 34.4 Å². The maximum absolute atomic E-state index is 12.4. The lowest BCUT2D eigenvalue weighted by Gasteiger charge is -2.33. The van der Waals surface area contributed by atoms with Crippen LogP contribution in [-0.4, -0.2) is 42.0 Å². The lowest BCUT2D eigenvalue weighted by molar-refractivity contribution is -0.154. The second-order valence-electron chi connectivity index (χ2n) is 10.1. The van der Waals surface area contributed by atoms with Crippen molar-refractivity contribution in [1.29, 1.82) is 0 Å². The molecule has 5 rings (SSSR count). The van der Waals surface area contributed by atoms with Crippen molar-refractivity contribution in [2.45, 2.75) is 32.5 Å². The van der Waals surface area contributed by atoms with Crippen LogP contribution in [0.5, 0.6) is 23.3 Å². The first kappa shape index (κ1) is 24.7. The molecule has 0 radical (unpaired) electrons. The molecule has 8 nitrogen and oxygen atoms in total. The number of ether oxygens (including phenoxy) is 4. The van der Waals surface area contributed by atoms with E-state index in [4.69, 9.17) is 24.7 Å². The van der Waals surface area contributed by atoms with Crippen molar-refractivity contribution in [1.82, 2.24) is 9.97 Å². The summed E-state index contributed by atoms with van der Waals surface area (Å²) in [7, 11) is 0. The summed E-state index contributed by atoms with van der Waals surface area (Å²) < 4.78 is 59.7. The van der Waals surface area contributed by atoms with Crippen molar-refractivity contribution in [2.75, 3.05) is 19.8 Å². The third-order valence-corrected chi connectivity index (χ3v) is 5.76. The molecule has 0 saturated heterocycles. The predicted molar refractivity (Wildman–Crippen MR) is 129 cm³/mol. The molecule has 0 unspecified atom stereocenters. The van der Waals surface area contributed by atoms with Crippen molar-refractivity contribution in [3.63, 3.8) is 0 Å². The van der Waals surface area contributed by atoms with Gasteiger partial charge in [0.1, 0.15) is 18.1 Å². The second-order valence-corrected chi connectivity index (χ2v) is 10.1. The van der Waals surface area contributed by atoms with Crippen LogP contribution in [0.15, 0.2) is 53.8 Å². The molecule has 0 bridgehead atoms. The first-order chi connectivity index (χ1) is 17.4. The number of pyridine rings is 2. The molecule has 2 aliphatic rings. The van der Waals surface area contributed by atoms with E-state index in [-0.39, 0.29) is 23.9 Å². The smallest absolute Gasteiger partial charge is 0.422 e. The minimum atomic E-state index is -4.45. The van der Waals surface area contributed by atoms with Crippen LogP contribution in [-0.2, 0) is 10.3 Å². The molecule has 3 aromatic rings. The van der Waals surface area contributed by atoms with Crippen LogP contribution in [0.25, 0.3) is 11.1 Å². The van der Waals surface area contributed by atoms with Crippen molar-refractivity contribution < 1.29 is 32.1 Å². The number of hydrogen-bond acceptors (Lipinski definition) is 8. The van der Waals surface area contributed by atoms with E-state index in [1.165, 1.54) is 12.3 Å².